The Morgan fingerprint density at radius 1 is 1.27 bits per heavy atom. The molecule has 134 valence electrons. The van der Waals surface area contributed by atoms with E-state index in [1.807, 2.05) is 44.2 Å². The number of hydrogen-bond acceptors (Lipinski definition) is 5. The van der Waals surface area contributed by atoms with Gasteiger partial charge in [0.1, 0.15) is 11.5 Å². The van der Waals surface area contributed by atoms with Gasteiger partial charge in [0.05, 0.1) is 11.2 Å². The quantitative estimate of drug-likeness (QED) is 0.783. The lowest BCUT2D eigenvalue weighted by atomic mass is 10.2. The highest BCUT2D eigenvalue weighted by Crippen LogP contribution is 2.19. The maximum atomic E-state index is 12.6. The Bertz CT molecular complexity index is 930. The first kappa shape index (κ1) is 16.7. The Kier molecular flexibility index (Phi) is 4.42. The number of rotatable bonds is 4. The summed E-state index contributed by atoms with van der Waals surface area (Å²) in [6.45, 7) is 6.48. The molecule has 4 rings (SSSR count). The Morgan fingerprint density at radius 3 is 2.92 bits per heavy atom. The number of carbonyl (C=O) groups is 1. The zero-order valence-corrected chi connectivity index (χ0v) is 15.0. The molecule has 26 heavy (non-hydrogen) atoms. The molecule has 6 nitrogen and oxygen atoms in total. The molecule has 0 radical (unpaired) electrons. The fourth-order valence-electron chi connectivity index (χ4n) is 3.50. The van der Waals surface area contributed by atoms with Gasteiger partial charge in [-0.25, -0.2) is 4.98 Å². The van der Waals surface area contributed by atoms with Crippen LogP contribution in [0.15, 0.2) is 40.9 Å². The van der Waals surface area contributed by atoms with Gasteiger partial charge in [-0.15, -0.1) is 0 Å². The minimum Gasteiger partial charge on any atom is -0.361 e. The number of nitrogens with zero attached hydrogens (tertiary/aromatic N) is 3. The van der Waals surface area contributed by atoms with Crippen LogP contribution in [0.25, 0.3) is 10.9 Å². The van der Waals surface area contributed by atoms with Crippen LogP contribution < -0.4 is 5.32 Å². The van der Waals surface area contributed by atoms with Crippen LogP contribution in [0.2, 0.25) is 0 Å². The van der Waals surface area contributed by atoms with Crippen molar-refractivity contribution >= 4 is 16.8 Å². The third-order valence-electron chi connectivity index (χ3n) is 5.00. The highest BCUT2D eigenvalue weighted by molar-refractivity contribution is 5.95. The average Bonchev–Trinajstić information content (AvgIpc) is 3.22. The summed E-state index contributed by atoms with van der Waals surface area (Å²) in [5.41, 5.74) is 3.39. The fourth-order valence-corrected chi connectivity index (χ4v) is 3.50. The number of fused-ring (bicyclic) bond motifs is 1. The van der Waals surface area contributed by atoms with Gasteiger partial charge in [0.25, 0.3) is 5.91 Å². The van der Waals surface area contributed by atoms with Crippen LogP contribution >= 0.6 is 0 Å². The lowest BCUT2D eigenvalue weighted by Crippen LogP contribution is -2.37. The van der Waals surface area contributed by atoms with Crippen LogP contribution in [0.1, 0.15) is 33.9 Å². The standard InChI is InChI=1S/C20H22N4O2/c1-13-17(14(2)26-23-13)12-24-10-9-16(11-24)21-20(25)19-8-7-15-5-3-4-6-18(15)22-19/h3-8,16H,9-12H2,1-2H3,(H,21,25). The van der Waals surface area contributed by atoms with Gasteiger partial charge in [0.2, 0.25) is 0 Å². The predicted molar refractivity (Wildman–Crippen MR) is 98.9 cm³/mol. The van der Waals surface area contributed by atoms with E-state index >= 15 is 0 Å². The predicted octanol–water partition coefficient (Wildman–Crippen LogP) is 2.84. The summed E-state index contributed by atoms with van der Waals surface area (Å²) in [5.74, 6) is 0.760. The van der Waals surface area contributed by atoms with Gasteiger partial charge in [-0.2, -0.15) is 0 Å². The van der Waals surface area contributed by atoms with Crippen LogP contribution in [-0.2, 0) is 6.54 Å². The van der Waals surface area contributed by atoms with Crippen molar-refractivity contribution in [3.63, 3.8) is 0 Å². The van der Waals surface area contributed by atoms with E-state index in [1.54, 1.807) is 6.07 Å². The van der Waals surface area contributed by atoms with Crippen molar-refractivity contribution in [2.45, 2.75) is 32.9 Å². The second-order valence-corrected chi connectivity index (χ2v) is 6.89. The Morgan fingerprint density at radius 2 is 2.12 bits per heavy atom. The SMILES string of the molecule is Cc1noc(C)c1CN1CCC(NC(=O)c2ccc3ccccc3n2)C1. The molecule has 3 heterocycles. The van der Waals surface area contributed by atoms with E-state index in [2.05, 4.69) is 20.4 Å². The molecule has 3 aromatic rings. The van der Waals surface area contributed by atoms with Crippen LogP contribution in [-0.4, -0.2) is 40.1 Å². The minimum atomic E-state index is -0.111. The molecule has 1 atom stereocenters. The van der Waals surface area contributed by atoms with Crippen LogP contribution in [0.5, 0.6) is 0 Å². The van der Waals surface area contributed by atoms with E-state index in [1.165, 1.54) is 0 Å². The van der Waals surface area contributed by atoms with Crippen molar-refractivity contribution in [3.8, 4) is 0 Å². The van der Waals surface area contributed by atoms with E-state index in [4.69, 9.17) is 4.52 Å². The highest BCUT2D eigenvalue weighted by atomic mass is 16.5. The van der Waals surface area contributed by atoms with Crippen molar-refractivity contribution in [3.05, 3.63) is 59.1 Å². The molecular formula is C20H22N4O2. The summed E-state index contributed by atoms with van der Waals surface area (Å²) in [6.07, 6.45) is 0.933. The molecule has 1 saturated heterocycles. The average molecular weight is 350 g/mol. The number of carbonyl (C=O) groups excluding carboxylic acids is 1. The molecule has 0 saturated carbocycles. The number of benzene rings is 1. The first-order chi connectivity index (χ1) is 12.6. The summed E-state index contributed by atoms with van der Waals surface area (Å²) >= 11 is 0. The molecule has 0 bridgehead atoms. The van der Waals surface area contributed by atoms with Crippen molar-refractivity contribution in [1.29, 1.82) is 0 Å². The monoisotopic (exact) mass is 350 g/mol. The van der Waals surface area contributed by atoms with Gasteiger partial charge in [0, 0.05) is 36.6 Å². The normalized spacial score (nSPS) is 17.7. The van der Waals surface area contributed by atoms with E-state index in [9.17, 15) is 4.79 Å². The summed E-state index contributed by atoms with van der Waals surface area (Å²) < 4.78 is 5.24. The van der Waals surface area contributed by atoms with Crippen molar-refractivity contribution in [2.75, 3.05) is 13.1 Å². The minimum absolute atomic E-state index is 0.111. The first-order valence-electron chi connectivity index (χ1n) is 8.91. The summed E-state index contributed by atoms with van der Waals surface area (Å²) in [7, 11) is 0. The summed E-state index contributed by atoms with van der Waals surface area (Å²) in [6, 6.07) is 11.7. The maximum Gasteiger partial charge on any atom is 0.270 e. The number of likely N-dealkylation sites (tertiary alicyclic amines) is 1. The van der Waals surface area contributed by atoms with Gasteiger partial charge < -0.3 is 9.84 Å². The van der Waals surface area contributed by atoms with Gasteiger partial charge >= 0.3 is 0 Å². The molecule has 6 heteroatoms. The van der Waals surface area contributed by atoms with Crippen molar-refractivity contribution < 1.29 is 9.32 Å². The molecule has 1 aliphatic heterocycles. The zero-order chi connectivity index (χ0) is 18.1. The number of para-hydroxylation sites is 1. The number of aromatic nitrogens is 2. The molecule has 1 aliphatic rings. The molecule has 0 spiro atoms. The van der Waals surface area contributed by atoms with Crippen molar-refractivity contribution in [1.82, 2.24) is 20.4 Å². The molecule has 1 unspecified atom stereocenters. The highest BCUT2D eigenvalue weighted by Gasteiger charge is 2.26. The van der Waals surface area contributed by atoms with Gasteiger partial charge in [-0.05, 0) is 32.4 Å². The second kappa shape index (κ2) is 6.88. The number of nitrogens with one attached hydrogen (secondary N) is 1. The molecular weight excluding hydrogens is 328 g/mol. The Hall–Kier alpha value is -2.73. The third-order valence-corrected chi connectivity index (χ3v) is 5.00. The number of aryl methyl sites for hydroxylation is 2. The van der Waals surface area contributed by atoms with E-state index < -0.39 is 0 Å². The van der Waals surface area contributed by atoms with Crippen molar-refractivity contribution in [2.24, 2.45) is 0 Å². The van der Waals surface area contributed by atoms with E-state index in [0.717, 1.165) is 54.0 Å². The lowest BCUT2D eigenvalue weighted by molar-refractivity contribution is 0.0933. The molecule has 2 aromatic heterocycles. The van der Waals surface area contributed by atoms with E-state index in [0.29, 0.717) is 5.69 Å². The van der Waals surface area contributed by atoms with Crippen LogP contribution in [0.3, 0.4) is 0 Å². The third kappa shape index (κ3) is 3.32. The van der Waals surface area contributed by atoms with Gasteiger partial charge in [-0.1, -0.05) is 29.4 Å². The lowest BCUT2D eigenvalue weighted by Gasteiger charge is -2.16. The molecule has 1 N–H and O–H groups in total. The summed E-state index contributed by atoms with van der Waals surface area (Å²) in [5, 5.41) is 8.16. The Labute approximate surface area is 152 Å². The number of hydrogen-bond donors (Lipinski definition) is 1. The molecule has 1 amide bonds. The molecule has 1 aromatic carbocycles. The maximum absolute atomic E-state index is 12.6. The number of amides is 1. The van der Waals surface area contributed by atoms with Gasteiger partial charge in [-0.3, -0.25) is 9.69 Å². The second-order valence-electron chi connectivity index (χ2n) is 6.89. The molecule has 1 fully saturated rings. The van der Waals surface area contributed by atoms with Gasteiger partial charge in [0.15, 0.2) is 0 Å². The van der Waals surface area contributed by atoms with E-state index in [-0.39, 0.29) is 11.9 Å². The molecule has 0 aliphatic carbocycles. The topological polar surface area (TPSA) is 71.3 Å². The largest absolute Gasteiger partial charge is 0.361 e. The summed E-state index contributed by atoms with van der Waals surface area (Å²) in [4.78, 5) is 19.4. The number of pyridine rings is 1. The Balaban J connectivity index is 1.39. The van der Waals surface area contributed by atoms with Crippen LogP contribution in [0, 0.1) is 13.8 Å². The van der Waals surface area contributed by atoms with Crippen LogP contribution in [0.4, 0.5) is 0 Å². The first-order valence-corrected chi connectivity index (χ1v) is 8.91. The zero-order valence-electron chi connectivity index (χ0n) is 15.0. The smallest absolute Gasteiger partial charge is 0.270 e. The fraction of sp³-hybridized carbons (Fsp3) is 0.350.